The summed E-state index contributed by atoms with van der Waals surface area (Å²) in [7, 11) is 2.66. The van der Waals surface area contributed by atoms with Gasteiger partial charge in [0.05, 0.1) is 18.6 Å². The minimum atomic E-state index is -1.13. The Labute approximate surface area is 249 Å². The smallest absolute Gasteiger partial charge is 0.229 e. The van der Waals surface area contributed by atoms with E-state index in [2.05, 4.69) is 60.7 Å². The van der Waals surface area contributed by atoms with Gasteiger partial charge in [-0.25, -0.2) is 0 Å². The molecule has 5 nitrogen and oxygen atoms in total. The third-order valence-electron chi connectivity index (χ3n) is 9.60. The Kier molecular flexibility index (Phi) is 8.81. The van der Waals surface area contributed by atoms with Crippen LogP contribution in [0.15, 0.2) is 115 Å². The molecule has 0 aromatic heterocycles. The van der Waals surface area contributed by atoms with Crippen molar-refractivity contribution in [2.24, 2.45) is 11.8 Å². The van der Waals surface area contributed by atoms with Gasteiger partial charge in [0, 0.05) is 37.1 Å². The molecular weight excluding hydrogens is 522 g/mol. The lowest BCUT2D eigenvalue weighted by molar-refractivity contribution is -0.132. The highest BCUT2D eigenvalue weighted by molar-refractivity contribution is 5.83. The fraction of sp³-hybridized carbons (Fsp3) is 0.324. The van der Waals surface area contributed by atoms with Crippen molar-refractivity contribution in [2.45, 2.75) is 36.7 Å². The first-order valence-corrected chi connectivity index (χ1v) is 14.7. The van der Waals surface area contributed by atoms with E-state index in [1.807, 2.05) is 66.4 Å². The highest BCUT2D eigenvalue weighted by Crippen LogP contribution is 2.60. The Morgan fingerprint density at radius 1 is 0.762 bits per heavy atom. The number of likely N-dealkylation sites (tertiary alicyclic amines) is 1. The number of benzene rings is 4. The molecule has 2 N–H and O–H groups in total. The van der Waals surface area contributed by atoms with E-state index in [9.17, 15) is 9.90 Å². The van der Waals surface area contributed by atoms with E-state index in [0.717, 1.165) is 24.7 Å². The first kappa shape index (κ1) is 29.6. The topological polar surface area (TPSA) is 70.0 Å². The van der Waals surface area contributed by atoms with Crippen LogP contribution in [0.2, 0.25) is 0 Å². The molecule has 0 spiro atoms. The summed E-state index contributed by atoms with van der Waals surface area (Å²) in [5, 5.41) is 19.7. The number of para-hydroxylation sites is 1. The van der Waals surface area contributed by atoms with Gasteiger partial charge in [-0.05, 0) is 48.4 Å². The van der Waals surface area contributed by atoms with Crippen LogP contribution in [0.25, 0.3) is 0 Å². The van der Waals surface area contributed by atoms with Crippen LogP contribution in [0.3, 0.4) is 0 Å². The monoisotopic (exact) mass is 563 g/mol. The molecule has 6 rings (SSSR count). The van der Waals surface area contributed by atoms with Gasteiger partial charge in [0.2, 0.25) is 5.91 Å². The number of rotatable bonds is 6. The van der Waals surface area contributed by atoms with E-state index in [4.69, 9.17) is 9.84 Å². The zero-order valence-corrected chi connectivity index (χ0v) is 24.7. The minimum Gasteiger partial charge on any atom is -0.496 e. The minimum absolute atomic E-state index is 0.00730. The standard InChI is InChI=1S/C36H37NO3.CH4O/c1-26(27-14-6-3-7-15-27)34(38)37-24-31-32(25-37)36(39,30-20-12-13-21-33(30)40-2)23-22-35(31,28-16-8-4-9-17-28)29-18-10-5-11-19-29;1-2/h3-21,26,31-32,39H,22-25H2,1-2H3;2H,1H3/t26?,31?,32?,36-;/m1./s1. The summed E-state index contributed by atoms with van der Waals surface area (Å²) in [6.07, 6.45) is 1.32. The molecule has 1 aliphatic heterocycles. The van der Waals surface area contributed by atoms with Crippen LogP contribution in [-0.4, -0.2) is 48.3 Å². The number of hydrogen-bond acceptors (Lipinski definition) is 4. The van der Waals surface area contributed by atoms with Crippen LogP contribution in [0.5, 0.6) is 5.75 Å². The van der Waals surface area contributed by atoms with Crippen LogP contribution in [0.1, 0.15) is 47.9 Å². The van der Waals surface area contributed by atoms with Gasteiger partial charge in [-0.3, -0.25) is 4.79 Å². The van der Waals surface area contributed by atoms with Gasteiger partial charge in [0.25, 0.3) is 0 Å². The van der Waals surface area contributed by atoms with Crippen molar-refractivity contribution in [1.29, 1.82) is 0 Å². The second kappa shape index (κ2) is 12.5. The van der Waals surface area contributed by atoms with E-state index in [-0.39, 0.29) is 29.1 Å². The Bertz CT molecular complexity index is 1420. The second-order valence-electron chi connectivity index (χ2n) is 11.4. The van der Waals surface area contributed by atoms with Gasteiger partial charge < -0.3 is 19.8 Å². The normalized spacial score (nSPS) is 23.2. The fourth-order valence-electron chi connectivity index (χ4n) is 7.57. The molecule has 0 radical (unpaired) electrons. The number of hydrogen-bond donors (Lipinski definition) is 2. The summed E-state index contributed by atoms with van der Waals surface area (Å²) in [5.41, 5.74) is 2.83. The van der Waals surface area contributed by atoms with Crippen molar-refractivity contribution >= 4 is 5.91 Å². The Morgan fingerprint density at radius 3 is 1.83 bits per heavy atom. The van der Waals surface area contributed by atoms with E-state index in [1.54, 1.807) is 7.11 Å². The van der Waals surface area contributed by atoms with Gasteiger partial charge >= 0.3 is 0 Å². The zero-order valence-electron chi connectivity index (χ0n) is 24.7. The van der Waals surface area contributed by atoms with Crippen LogP contribution >= 0.6 is 0 Å². The van der Waals surface area contributed by atoms with Crippen molar-refractivity contribution < 1.29 is 19.7 Å². The van der Waals surface area contributed by atoms with Gasteiger partial charge in [0.15, 0.2) is 0 Å². The first-order valence-electron chi connectivity index (χ1n) is 14.7. The lowest BCUT2D eigenvalue weighted by Gasteiger charge is -2.53. The summed E-state index contributed by atoms with van der Waals surface area (Å²) in [5.74, 6) is 0.373. The lowest BCUT2D eigenvalue weighted by atomic mass is 9.52. The number of amides is 1. The molecule has 4 aromatic rings. The molecule has 1 saturated heterocycles. The summed E-state index contributed by atoms with van der Waals surface area (Å²) >= 11 is 0. The van der Waals surface area contributed by atoms with Crippen molar-refractivity contribution in [2.75, 3.05) is 27.3 Å². The van der Waals surface area contributed by atoms with Crippen LogP contribution < -0.4 is 4.74 Å². The quantitative estimate of drug-likeness (QED) is 0.295. The molecule has 3 unspecified atom stereocenters. The number of ether oxygens (including phenoxy) is 1. The van der Waals surface area contributed by atoms with Crippen molar-refractivity contribution in [3.05, 3.63) is 138 Å². The molecule has 42 heavy (non-hydrogen) atoms. The highest BCUT2D eigenvalue weighted by atomic mass is 16.5. The predicted molar refractivity (Wildman–Crippen MR) is 166 cm³/mol. The Balaban J connectivity index is 0.00000173. The number of carbonyl (C=O) groups is 1. The number of fused-ring (bicyclic) bond motifs is 1. The Hall–Kier alpha value is -3.93. The number of aliphatic hydroxyl groups excluding tert-OH is 1. The molecule has 4 aromatic carbocycles. The maximum atomic E-state index is 14.1. The second-order valence-corrected chi connectivity index (χ2v) is 11.4. The maximum absolute atomic E-state index is 14.1. The average Bonchev–Trinajstić information content (AvgIpc) is 3.54. The molecular formula is C37H41NO4. The molecule has 2 aliphatic rings. The molecule has 218 valence electrons. The average molecular weight is 564 g/mol. The predicted octanol–water partition coefficient (Wildman–Crippen LogP) is 6.15. The van der Waals surface area contributed by atoms with E-state index < -0.39 is 5.60 Å². The van der Waals surface area contributed by atoms with Crippen LogP contribution in [-0.2, 0) is 15.8 Å². The van der Waals surface area contributed by atoms with Crippen LogP contribution in [0, 0.1) is 11.8 Å². The molecule has 5 heteroatoms. The molecule has 2 fully saturated rings. The summed E-state index contributed by atoms with van der Waals surface area (Å²) < 4.78 is 5.76. The SMILES string of the molecule is CO.COc1ccccc1[C@]1(O)CCC(c2ccccc2)(c2ccccc2)C2CN(C(=O)C(C)c3ccccc3)CC21. The highest BCUT2D eigenvalue weighted by Gasteiger charge is 2.61. The molecule has 0 bridgehead atoms. The van der Waals surface area contributed by atoms with Crippen molar-refractivity contribution in [3.63, 3.8) is 0 Å². The molecule has 1 amide bonds. The summed E-state index contributed by atoms with van der Waals surface area (Å²) in [6, 6.07) is 39.2. The van der Waals surface area contributed by atoms with Gasteiger partial charge in [-0.15, -0.1) is 0 Å². The van der Waals surface area contributed by atoms with E-state index in [0.29, 0.717) is 25.3 Å². The molecule has 1 saturated carbocycles. The van der Waals surface area contributed by atoms with Crippen molar-refractivity contribution in [3.8, 4) is 5.75 Å². The van der Waals surface area contributed by atoms with Gasteiger partial charge in [-0.1, -0.05) is 109 Å². The number of carbonyl (C=O) groups excluding carboxylic acids is 1. The van der Waals surface area contributed by atoms with Gasteiger partial charge in [-0.2, -0.15) is 0 Å². The first-order chi connectivity index (χ1) is 20.5. The van der Waals surface area contributed by atoms with E-state index in [1.165, 1.54) is 11.1 Å². The number of methoxy groups -OCH3 is 1. The third kappa shape index (κ3) is 5.01. The number of aliphatic hydroxyl groups is 2. The van der Waals surface area contributed by atoms with Crippen LogP contribution in [0.4, 0.5) is 0 Å². The van der Waals surface area contributed by atoms with Gasteiger partial charge in [0.1, 0.15) is 5.75 Å². The summed E-state index contributed by atoms with van der Waals surface area (Å²) in [6.45, 7) is 3.08. The van der Waals surface area contributed by atoms with Crippen molar-refractivity contribution in [1.82, 2.24) is 4.90 Å². The zero-order chi connectivity index (χ0) is 29.7. The molecule has 1 aliphatic carbocycles. The largest absolute Gasteiger partial charge is 0.496 e. The maximum Gasteiger partial charge on any atom is 0.229 e. The lowest BCUT2D eigenvalue weighted by Crippen LogP contribution is -2.53. The fourth-order valence-corrected chi connectivity index (χ4v) is 7.57. The molecule has 4 atom stereocenters. The molecule has 1 heterocycles. The summed E-state index contributed by atoms with van der Waals surface area (Å²) in [4.78, 5) is 16.1. The number of nitrogens with zero attached hydrogens (tertiary/aromatic N) is 1. The van der Waals surface area contributed by atoms with E-state index >= 15 is 0 Å². The Morgan fingerprint density at radius 2 is 1.26 bits per heavy atom. The third-order valence-corrected chi connectivity index (χ3v) is 9.60.